The summed E-state index contributed by atoms with van der Waals surface area (Å²) in [5, 5.41) is 7.72. The molecule has 1 fully saturated rings. The van der Waals surface area contributed by atoms with E-state index in [0.29, 0.717) is 17.9 Å². The van der Waals surface area contributed by atoms with Crippen LogP contribution in [0.4, 0.5) is 11.8 Å². The fraction of sp³-hybridized carbons (Fsp3) is 0.400. The van der Waals surface area contributed by atoms with Gasteiger partial charge in [-0.2, -0.15) is 4.98 Å². The van der Waals surface area contributed by atoms with Crippen LogP contribution in [0.2, 0.25) is 0 Å². The van der Waals surface area contributed by atoms with E-state index < -0.39 is 0 Å². The Labute approximate surface area is 184 Å². The summed E-state index contributed by atoms with van der Waals surface area (Å²) in [6.45, 7) is 2.74. The molecule has 1 saturated carbocycles. The minimum absolute atomic E-state index is 0.0183. The number of anilines is 2. The first-order valence-electron chi connectivity index (χ1n) is 11.0. The van der Waals surface area contributed by atoms with Gasteiger partial charge in [0.1, 0.15) is 5.82 Å². The van der Waals surface area contributed by atoms with Gasteiger partial charge in [0, 0.05) is 37.6 Å². The largest absolute Gasteiger partial charge is 0.362 e. The van der Waals surface area contributed by atoms with Gasteiger partial charge in [-0.1, -0.05) is 29.8 Å². The van der Waals surface area contributed by atoms with E-state index in [0.717, 1.165) is 60.1 Å². The number of amides is 1. The van der Waals surface area contributed by atoms with E-state index in [1.54, 1.807) is 0 Å². The van der Waals surface area contributed by atoms with Gasteiger partial charge < -0.3 is 15.5 Å². The summed E-state index contributed by atoms with van der Waals surface area (Å²) in [6.07, 6.45) is 4.27. The number of rotatable bonds is 6. The van der Waals surface area contributed by atoms with Gasteiger partial charge in [-0.25, -0.2) is 4.98 Å². The lowest BCUT2D eigenvalue weighted by Crippen LogP contribution is -2.34. The first-order valence-corrected chi connectivity index (χ1v) is 11.0. The molecule has 0 radical (unpaired) electrons. The molecular formula is C25H31N5O. The Balaban J connectivity index is 1.32. The Morgan fingerprint density at radius 1 is 1.03 bits per heavy atom. The highest BCUT2D eigenvalue weighted by Crippen LogP contribution is 2.28. The van der Waals surface area contributed by atoms with Crippen LogP contribution in [0.5, 0.6) is 0 Å². The minimum Gasteiger partial charge on any atom is -0.362 e. The SMILES string of the molecule is Cc1cccc(C(=O)NC[C@H]2CC[C@@H](Nc3nc(N(C)C)c4ccccc4n3)CC2)c1. The predicted molar refractivity (Wildman–Crippen MR) is 127 cm³/mol. The summed E-state index contributed by atoms with van der Waals surface area (Å²) in [4.78, 5) is 23.9. The van der Waals surface area contributed by atoms with Gasteiger partial charge in [-0.15, -0.1) is 0 Å². The molecule has 6 nitrogen and oxygen atoms in total. The number of nitrogens with one attached hydrogen (secondary N) is 2. The van der Waals surface area contributed by atoms with Gasteiger partial charge in [0.15, 0.2) is 0 Å². The molecule has 162 valence electrons. The summed E-state index contributed by atoms with van der Waals surface area (Å²) in [6, 6.07) is 16.2. The van der Waals surface area contributed by atoms with Crippen LogP contribution in [0.3, 0.4) is 0 Å². The van der Waals surface area contributed by atoms with Gasteiger partial charge in [0.25, 0.3) is 5.91 Å². The molecular weight excluding hydrogens is 386 g/mol. The molecule has 0 bridgehead atoms. The van der Waals surface area contributed by atoms with E-state index in [1.165, 1.54) is 0 Å². The van der Waals surface area contributed by atoms with E-state index in [-0.39, 0.29) is 5.91 Å². The molecule has 31 heavy (non-hydrogen) atoms. The van der Waals surface area contributed by atoms with Gasteiger partial charge in [-0.3, -0.25) is 4.79 Å². The fourth-order valence-electron chi connectivity index (χ4n) is 4.28. The number of aryl methyl sites for hydroxylation is 1. The number of carbonyl (C=O) groups excluding carboxylic acids is 1. The standard InChI is InChI=1S/C25H31N5O/c1-17-7-6-8-19(15-17)24(31)26-16-18-11-13-20(14-12-18)27-25-28-22-10-5-4-9-21(22)23(29-25)30(2)3/h4-10,15,18,20H,11-14,16H2,1-3H3,(H,26,31)(H,27,28,29)/t18-,20+. The van der Waals surface area contributed by atoms with Crippen molar-refractivity contribution in [1.82, 2.24) is 15.3 Å². The zero-order valence-electron chi connectivity index (χ0n) is 18.6. The minimum atomic E-state index is 0.0183. The van der Waals surface area contributed by atoms with Crippen molar-refractivity contribution in [2.24, 2.45) is 5.92 Å². The van der Waals surface area contributed by atoms with Crippen molar-refractivity contribution in [3.63, 3.8) is 0 Å². The Morgan fingerprint density at radius 2 is 1.81 bits per heavy atom. The average Bonchev–Trinajstić information content (AvgIpc) is 2.77. The lowest BCUT2D eigenvalue weighted by Gasteiger charge is -2.29. The molecule has 3 aromatic rings. The van der Waals surface area contributed by atoms with E-state index in [9.17, 15) is 4.79 Å². The van der Waals surface area contributed by atoms with Crippen LogP contribution in [-0.4, -0.2) is 42.6 Å². The zero-order valence-corrected chi connectivity index (χ0v) is 18.6. The Hall–Kier alpha value is -3.15. The summed E-state index contributed by atoms with van der Waals surface area (Å²) in [5.41, 5.74) is 2.80. The number of hydrogen-bond donors (Lipinski definition) is 2. The third-order valence-electron chi connectivity index (χ3n) is 6.02. The number of fused-ring (bicyclic) bond motifs is 1. The third-order valence-corrected chi connectivity index (χ3v) is 6.02. The molecule has 0 atom stereocenters. The van der Waals surface area contributed by atoms with Gasteiger partial charge in [0.05, 0.1) is 5.52 Å². The molecule has 1 aliphatic rings. The van der Waals surface area contributed by atoms with Crippen molar-refractivity contribution in [3.8, 4) is 0 Å². The summed E-state index contributed by atoms with van der Waals surface area (Å²) >= 11 is 0. The normalized spacial score (nSPS) is 18.5. The molecule has 1 heterocycles. The van der Waals surface area contributed by atoms with E-state index >= 15 is 0 Å². The number of nitrogens with zero attached hydrogens (tertiary/aromatic N) is 3. The summed E-state index contributed by atoms with van der Waals surface area (Å²) in [7, 11) is 4.02. The number of aromatic nitrogens is 2. The average molecular weight is 418 g/mol. The highest BCUT2D eigenvalue weighted by atomic mass is 16.1. The molecule has 1 aliphatic carbocycles. The number of para-hydroxylation sites is 1. The van der Waals surface area contributed by atoms with E-state index in [1.807, 2.05) is 68.4 Å². The van der Waals surface area contributed by atoms with Gasteiger partial charge >= 0.3 is 0 Å². The maximum atomic E-state index is 12.4. The second-order valence-corrected chi connectivity index (χ2v) is 8.72. The van der Waals surface area contributed by atoms with Crippen LogP contribution in [-0.2, 0) is 0 Å². The molecule has 0 unspecified atom stereocenters. The van der Waals surface area contributed by atoms with Crippen molar-refractivity contribution in [3.05, 3.63) is 59.7 Å². The lowest BCUT2D eigenvalue weighted by atomic mass is 9.86. The van der Waals surface area contributed by atoms with Gasteiger partial charge in [0.2, 0.25) is 5.95 Å². The molecule has 0 saturated heterocycles. The lowest BCUT2D eigenvalue weighted by molar-refractivity contribution is 0.0943. The number of carbonyl (C=O) groups is 1. The first-order chi connectivity index (χ1) is 15.0. The Bertz CT molecular complexity index is 1060. The zero-order chi connectivity index (χ0) is 21.8. The molecule has 2 N–H and O–H groups in total. The quantitative estimate of drug-likeness (QED) is 0.622. The van der Waals surface area contributed by atoms with Gasteiger partial charge in [-0.05, 0) is 62.8 Å². The first kappa shape index (κ1) is 21.1. The van der Waals surface area contributed by atoms with E-state index in [4.69, 9.17) is 9.97 Å². The fourth-order valence-corrected chi connectivity index (χ4v) is 4.28. The van der Waals surface area contributed by atoms with Crippen LogP contribution >= 0.6 is 0 Å². The topological polar surface area (TPSA) is 70.2 Å². The number of benzene rings is 2. The summed E-state index contributed by atoms with van der Waals surface area (Å²) < 4.78 is 0. The smallest absolute Gasteiger partial charge is 0.251 e. The molecule has 4 rings (SSSR count). The van der Waals surface area contributed by atoms with Crippen molar-refractivity contribution in [2.45, 2.75) is 38.6 Å². The van der Waals surface area contributed by atoms with Crippen molar-refractivity contribution < 1.29 is 4.79 Å². The Morgan fingerprint density at radius 3 is 2.55 bits per heavy atom. The highest BCUT2D eigenvalue weighted by Gasteiger charge is 2.23. The maximum absolute atomic E-state index is 12.4. The number of hydrogen-bond acceptors (Lipinski definition) is 5. The van der Waals surface area contributed by atoms with Crippen LogP contribution in [0.25, 0.3) is 10.9 Å². The molecule has 2 aromatic carbocycles. The van der Waals surface area contributed by atoms with Crippen LogP contribution in [0.15, 0.2) is 48.5 Å². The van der Waals surface area contributed by atoms with Crippen LogP contribution in [0.1, 0.15) is 41.6 Å². The third kappa shape index (κ3) is 5.13. The maximum Gasteiger partial charge on any atom is 0.251 e. The van der Waals surface area contributed by atoms with Crippen LogP contribution < -0.4 is 15.5 Å². The second-order valence-electron chi connectivity index (χ2n) is 8.72. The van der Waals surface area contributed by atoms with Crippen LogP contribution in [0, 0.1) is 12.8 Å². The molecule has 0 aliphatic heterocycles. The predicted octanol–water partition coefficient (Wildman–Crippen LogP) is 4.40. The highest BCUT2D eigenvalue weighted by molar-refractivity contribution is 5.94. The second kappa shape index (κ2) is 9.33. The van der Waals surface area contributed by atoms with Crippen molar-refractivity contribution >= 4 is 28.6 Å². The molecule has 1 aromatic heterocycles. The molecule has 6 heteroatoms. The Kier molecular flexibility index (Phi) is 6.35. The monoisotopic (exact) mass is 417 g/mol. The molecule has 0 spiro atoms. The van der Waals surface area contributed by atoms with E-state index in [2.05, 4.69) is 16.7 Å². The van der Waals surface area contributed by atoms with Crippen molar-refractivity contribution in [2.75, 3.05) is 30.9 Å². The van der Waals surface area contributed by atoms with Crippen molar-refractivity contribution in [1.29, 1.82) is 0 Å². The molecule has 1 amide bonds. The summed E-state index contributed by atoms with van der Waals surface area (Å²) in [5.74, 6) is 2.16.